The Morgan fingerprint density at radius 2 is 2.17 bits per heavy atom. The van der Waals surface area contributed by atoms with E-state index >= 15 is 0 Å². The fraction of sp³-hybridized carbons (Fsp3) is 0.444. The summed E-state index contributed by atoms with van der Waals surface area (Å²) in [7, 11) is 3.98. The molecule has 96 valence electrons. The molecular weight excluding hydrogens is 234 g/mol. The van der Waals surface area contributed by atoms with Crippen molar-refractivity contribution in [1.82, 2.24) is 34.6 Å². The summed E-state index contributed by atoms with van der Waals surface area (Å²) in [6, 6.07) is 0. The maximum Gasteiger partial charge on any atom is 0.258 e. The van der Waals surface area contributed by atoms with E-state index in [2.05, 4.69) is 35.3 Å². The van der Waals surface area contributed by atoms with E-state index < -0.39 is 0 Å². The summed E-state index contributed by atoms with van der Waals surface area (Å²) in [4.78, 5) is 18.1. The lowest BCUT2D eigenvalue weighted by molar-refractivity contribution is 0.425. The number of likely N-dealkylation sites (N-methyl/N-ethyl adjacent to an activating group) is 1. The molecule has 3 N–H and O–H groups in total. The van der Waals surface area contributed by atoms with Gasteiger partial charge in [-0.15, -0.1) is 0 Å². The third-order valence-corrected chi connectivity index (χ3v) is 2.11. The highest BCUT2D eigenvalue weighted by atomic mass is 15.4. The van der Waals surface area contributed by atoms with Gasteiger partial charge in [0, 0.05) is 13.1 Å². The highest BCUT2D eigenvalue weighted by Gasteiger charge is 2.06. The van der Waals surface area contributed by atoms with Crippen LogP contribution in [0, 0.1) is 0 Å². The second-order valence-electron chi connectivity index (χ2n) is 3.89. The molecular formula is C9H15N9. The molecule has 0 aliphatic heterocycles. The molecule has 2 aromatic heterocycles. The van der Waals surface area contributed by atoms with Gasteiger partial charge < -0.3 is 16.0 Å². The van der Waals surface area contributed by atoms with E-state index in [0.29, 0.717) is 18.4 Å². The molecule has 0 spiro atoms. The lowest BCUT2D eigenvalue weighted by atomic mass is 10.6. The van der Waals surface area contributed by atoms with Crippen molar-refractivity contribution >= 4 is 11.9 Å². The summed E-state index contributed by atoms with van der Waals surface area (Å²) in [5.41, 5.74) is 5.62. The van der Waals surface area contributed by atoms with Crippen molar-refractivity contribution in [2.24, 2.45) is 0 Å². The first-order chi connectivity index (χ1) is 8.65. The second-order valence-corrected chi connectivity index (χ2v) is 3.89. The van der Waals surface area contributed by atoms with E-state index in [1.54, 1.807) is 0 Å². The maximum absolute atomic E-state index is 5.62. The number of aromatic nitrogens is 6. The van der Waals surface area contributed by atoms with E-state index in [1.807, 2.05) is 14.1 Å². The molecule has 9 heteroatoms. The third-order valence-electron chi connectivity index (χ3n) is 2.11. The van der Waals surface area contributed by atoms with E-state index in [9.17, 15) is 0 Å². The zero-order valence-electron chi connectivity index (χ0n) is 10.3. The van der Waals surface area contributed by atoms with Crippen LogP contribution in [0.3, 0.4) is 0 Å². The smallest absolute Gasteiger partial charge is 0.258 e. The van der Waals surface area contributed by atoms with E-state index in [1.165, 1.54) is 17.3 Å². The van der Waals surface area contributed by atoms with Gasteiger partial charge in [0.1, 0.15) is 12.7 Å². The van der Waals surface area contributed by atoms with Gasteiger partial charge in [-0.25, -0.2) is 4.98 Å². The van der Waals surface area contributed by atoms with Crippen molar-refractivity contribution in [3.8, 4) is 5.95 Å². The van der Waals surface area contributed by atoms with Crippen LogP contribution in [0.15, 0.2) is 12.7 Å². The fourth-order valence-electron chi connectivity index (χ4n) is 1.27. The van der Waals surface area contributed by atoms with Gasteiger partial charge in [0.2, 0.25) is 11.9 Å². The molecule has 0 saturated carbocycles. The molecule has 0 unspecified atom stereocenters. The number of rotatable bonds is 5. The monoisotopic (exact) mass is 249 g/mol. The third kappa shape index (κ3) is 3.10. The Morgan fingerprint density at radius 3 is 2.83 bits per heavy atom. The van der Waals surface area contributed by atoms with Crippen LogP contribution in [-0.2, 0) is 0 Å². The lowest BCUT2D eigenvalue weighted by Gasteiger charge is -2.10. The van der Waals surface area contributed by atoms with E-state index in [0.717, 1.165) is 6.54 Å². The van der Waals surface area contributed by atoms with Gasteiger partial charge in [-0.05, 0) is 14.1 Å². The number of nitrogens with two attached hydrogens (primary N) is 1. The van der Waals surface area contributed by atoms with Crippen LogP contribution in [-0.4, -0.2) is 61.8 Å². The maximum atomic E-state index is 5.62. The highest BCUT2D eigenvalue weighted by Crippen LogP contribution is 2.05. The summed E-state index contributed by atoms with van der Waals surface area (Å²) in [6.07, 6.45) is 2.90. The Morgan fingerprint density at radius 1 is 1.33 bits per heavy atom. The Bertz CT molecular complexity index is 493. The lowest BCUT2D eigenvalue weighted by Crippen LogP contribution is -2.22. The summed E-state index contributed by atoms with van der Waals surface area (Å²) in [5.74, 6) is 0.907. The van der Waals surface area contributed by atoms with Gasteiger partial charge in [0.25, 0.3) is 5.95 Å². The molecule has 0 aliphatic carbocycles. The number of nitrogens with one attached hydrogen (secondary N) is 1. The molecule has 0 aromatic carbocycles. The summed E-state index contributed by atoms with van der Waals surface area (Å²) >= 11 is 0. The van der Waals surface area contributed by atoms with Crippen molar-refractivity contribution < 1.29 is 0 Å². The standard InChI is InChI=1S/C9H15N9/c1-17(2)4-3-12-8-14-7(10)15-9(16-8)18-6-11-5-13-18/h5-6H,3-4H2,1-2H3,(H3,10,12,14,15,16). The van der Waals surface area contributed by atoms with Gasteiger partial charge in [-0.3, -0.25) is 0 Å². The largest absolute Gasteiger partial charge is 0.368 e. The molecule has 0 saturated heterocycles. The number of hydrogen-bond acceptors (Lipinski definition) is 8. The van der Waals surface area contributed by atoms with Gasteiger partial charge >= 0.3 is 0 Å². The molecule has 2 rings (SSSR count). The Kier molecular flexibility index (Phi) is 3.63. The molecule has 18 heavy (non-hydrogen) atoms. The zero-order valence-corrected chi connectivity index (χ0v) is 10.3. The van der Waals surface area contributed by atoms with E-state index in [4.69, 9.17) is 5.73 Å². The minimum atomic E-state index is 0.142. The number of hydrogen-bond donors (Lipinski definition) is 2. The molecule has 0 bridgehead atoms. The molecule has 0 fully saturated rings. The Balaban J connectivity index is 2.12. The summed E-state index contributed by atoms with van der Waals surface area (Å²) in [5, 5.41) is 7.01. The predicted octanol–water partition coefficient (Wildman–Crippen LogP) is -0.992. The van der Waals surface area contributed by atoms with Crippen molar-refractivity contribution in [1.29, 1.82) is 0 Å². The van der Waals surface area contributed by atoms with Crippen molar-refractivity contribution in [3.63, 3.8) is 0 Å². The molecule has 2 aromatic rings. The minimum absolute atomic E-state index is 0.142. The van der Waals surface area contributed by atoms with Crippen LogP contribution in [0.2, 0.25) is 0 Å². The topological polar surface area (TPSA) is 111 Å². The summed E-state index contributed by atoms with van der Waals surface area (Å²) < 4.78 is 1.43. The van der Waals surface area contributed by atoms with Crippen LogP contribution in [0.5, 0.6) is 0 Å². The highest BCUT2D eigenvalue weighted by molar-refractivity contribution is 5.34. The van der Waals surface area contributed by atoms with Gasteiger partial charge in [0.15, 0.2) is 0 Å². The predicted molar refractivity (Wildman–Crippen MR) is 66.2 cm³/mol. The zero-order chi connectivity index (χ0) is 13.0. The van der Waals surface area contributed by atoms with Crippen LogP contribution < -0.4 is 11.1 Å². The molecule has 2 heterocycles. The van der Waals surface area contributed by atoms with E-state index in [-0.39, 0.29) is 5.95 Å². The molecule has 9 nitrogen and oxygen atoms in total. The van der Waals surface area contributed by atoms with Crippen molar-refractivity contribution in [2.75, 3.05) is 38.2 Å². The van der Waals surface area contributed by atoms with Crippen LogP contribution in [0.25, 0.3) is 5.95 Å². The first-order valence-electron chi connectivity index (χ1n) is 5.40. The second kappa shape index (κ2) is 5.36. The van der Waals surface area contributed by atoms with Gasteiger partial charge in [-0.1, -0.05) is 0 Å². The molecule has 0 radical (unpaired) electrons. The SMILES string of the molecule is CN(C)CCNc1nc(N)nc(-n2cncn2)n1. The molecule has 0 aliphatic rings. The Hall–Kier alpha value is -2.29. The minimum Gasteiger partial charge on any atom is -0.368 e. The fourth-order valence-corrected chi connectivity index (χ4v) is 1.27. The quantitative estimate of drug-likeness (QED) is 0.694. The van der Waals surface area contributed by atoms with Crippen LogP contribution in [0.1, 0.15) is 0 Å². The summed E-state index contributed by atoms with van der Waals surface area (Å²) in [6.45, 7) is 1.58. The number of nitrogen functional groups attached to an aromatic ring is 1. The van der Waals surface area contributed by atoms with Gasteiger partial charge in [0.05, 0.1) is 0 Å². The van der Waals surface area contributed by atoms with Crippen molar-refractivity contribution in [2.45, 2.75) is 0 Å². The normalized spacial score (nSPS) is 10.8. The first-order valence-corrected chi connectivity index (χ1v) is 5.40. The number of nitrogens with zero attached hydrogens (tertiary/aromatic N) is 7. The first kappa shape index (κ1) is 12.2. The average Bonchev–Trinajstić information content (AvgIpc) is 2.81. The molecule has 0 atom stereocenters. The van der Waals surface area contributed by atoms with Crippen LogP contribution >= 0.6 is 0 Å². The molecule has 0 amide bonds. The van der Waals surface area contributed by atoms with Gasteiger partial charge in [-0.2, -0.15) is 24.7 Å². The number of anilines is 2. The van der Waals surface area contributed by atoms with Crippen LogP contribution in [0.4, 0.5) is 11.9 Å². The Labute approximate surface area is 104 Å². The van der Waals surface area contributed by atoms with Crippen molar-refractivity contribution in [3.05, 3.63) is 12.7 Å². The average molecular weight is 249 g/mol.